The van der Waals surface area contributed by atoms with E-state index in [0.29, 0.717) is 12.3 Å². The zero-order chi connectivity index (χ0) is 15.9. The van der Waals surface area contributed by atoms with Crippen molar-refractivity contribution in [1.82, 2.24) is 5.32 Å². The van der Waals surface area contributed by atoms with Gasteiger partial charge in [0.1, 0.15) is 5.75 Å². The summed E-state index contributed by atoms with van der Waals surface area (Å²) in [5.74, 6) is 0.585. The number of amides is 1. The molecule has 0 aliphatic carbocycles. The van der Waals surface area contributed by atoms with Gasteiger partial charge in [0, 0.05) is 13.2 Å². The number of benzene rings is 1. The lowest BCUT2D eigenvalue weighted by molar-refractivity contribution is -0.127. The Morgan fingerprint density at radius 1 is 1.33 bits per heavy atom. The molecule has 0 saturated carbocycles. The maximum atomic E-state index is 11.9. The van der Waals surface area contributed by atoms with Crippen molar-refractivity contribution in [2.24, 2.45) is 5.41 Å². The second-order valence-electron chi connectivity index (χ2n) is 6.29. The van der Waals surface area contributed by atoms with Crippen molar-refractivity contribution in [3.63, 3.8) is 0 Å². The number of aliphatic hydroxyl groups excluding tert-OH is 1. The highest BCUT2D eigenvalue weighted by Crippen LogP contribution is 2.20. The first-order chi connectivity index (χ1) is 9.84. The fourth-order valence-corrected chi connectivity index (χ4v) is 1.88. The molecule has 1 unspecified atom stereocenters. The normalized spacial score (nSPS) is 12.8. The Hall–Kier alpha value is -1.55. The van der Waals surface area contributed by atoms with E-state index < -0.39 is 6.10 Å². The van der Waals surface area contributed by atoms with E-state index >= 15 is 0 Å². The van der Waals surface area contributed by atoms with Crippen molar-refractivity contribution < 1.29 is 14.6 Å². The van der Waals surface area contributed by atoms with E-state index in [2.05, 4.69) is 5.32 Å². The zero-order valence-electron chi connectivity index (χ0n) is 13.5. The fraction of sp³-hybridized carbons (Fsp3) is 0.588. The van der Waals surface area contributed by atoms with Gasteiger partial charge in [-0.25, -0.2) is 0 Å². The molecule has 118 valence electrons. The molecule has 0 aliphatic heterocycles. The second kappa shape index (κ2) is 8.03. The number of aliphatic hydroxyl groups is 1. The van der Waals surface area contributed by atoms with Gasteiger partial charge in [0.15, 0.2) is 6.10 Å². The Balaban J connectivity index is 2.30. The molecule has 1 atom stereocenters. The van der Waals surface area contributed by atoms with Gasteiger partial charge in [-0.3, -0.25) is 4.79 Å². The second-order valence-corrected chi connectivity index (χ2v) is 6.29. The predicted molar refractivity (Wildman–Crippen MR) is 84.4 cm³/mol. The molecule has 1 rings (SSSR count). The Bertz CT molecular complexity index is 440. The van der Waals surface area contributed by atoms with E-state index in [-0.39, 0.29) is 17.9 Å². The average molecular weight is 293 g/mol. The summed E-state index contributed by atoms with van der Waals surface area (Å²) in [5.41, 5.74) is 1.07. The summed E-state index contributed by atoms with van der Waals surface area (Å²) in [6, 6.07) is 7.64. The van der Waals surface area contributed by atoms with Crippen LogP contribution in [0.4, 0.5) is 0 Å². The highest BCUT2D eigenvalue weighted by molar-refractivity contribution is 5.80. The van der Waals surface area contributed by atoms with Gasteiger partial charge in [0.25, 0.3) is 5.91 Å². The first-order valence-corrected chi connectivity index (χ1v) is 7.46. The Kier molecular flexibility index (Phi) is 6.69. The lowest BCUT2D eigenvalue weighted by Crippen LogP contribution is -2.37. The van der Waals surface area contributed by atoms with Crippen LogP contribution >= 0.6 is 0 Å². The number of ether oxygens (including phenoxy) is 1. The highest BCUT2D eigenvalue weighted by Gasteiger charge is 2.17. The number of carbonyl (C=O) groups excluding carboxylic acids is 1. The van der Waals surface area contributed by atoms with E-state index in [4.69, 9.17) is 9.84 Å². The fourth-order valence-electron chi connectivity index (χ4n) is 1.88. The van der Waals surface area contributed by atoms with Gasteiger partial charge >= 0.3 is 0 Å². The largest absolute Gasteiger partial charge is 0.481 e. The summed E-state index contributed by atoms with van der Waals surface area (Å²) in [6.45, 7) is 8.54. The molecule has 0 heterocycles. The number of hydrogen-bond acceptors (Lipinski definition) is 3. The van der Waals surface area contributed by atoms with Crippen molar-refractivity contribution in [1.29, 1.82) is 0 Å². The van der Waals surface area contributed by atoms with Gasteiger partial charge in [-0.2, -0.15) is 0 Å². The minimum atomic E-state index is -0.515. The van der Waals surface area contributed by atoms with Crippen LogP contribution in [-0.4, -0.2) is 30.3 Å². The highest BCUT2D eigenvalue weighted by atomic mass is 16.5. The maximum absolute atomic E-state index is 11.9. The minimum absolute atomic E-state index is 0.0885. The molecule has 1 aromatic carbocycles. The minimum Gasteiger partial charge on any atom is -0.481 e. The van der Waals surface area contributed by atoms with Crippen molar-refractivity contribution in [2.75, 3.05) is 13.2 Å². The van der Waals surface area contributed by atoms with Gasteiger partial charge in [-0.05, 0) is 44.2 Å². The average Bonchev–Trinajstić information content (AvgIpc) is 2.45. The smallest absolute Gasteiger partial charge is 0.260 e. The van der Waals surface area contributed by atoms with Gasteiger partial charge in [-0.1, -0.05) is 31.5 Å². The van der Waals surface area contributed by atoms with Gasteiger partial charge in [0.2, 0.25) is 0 Å². The van der Waals surface area contributed by atoms with E-state index in [1.165, 1.54) is 0 Å². The molecule has 0 aliphatic rings. The van der Waals surface area contributed by atoms with Crippen LogP contribution in [0.2, 0.25) is 0 Å². The molecule has 0 saturated heterocycles. The Labute approximate surface area is 127 Å². The van der Waals surface area contributed by atoms with Gasteiger partial charge in [-0.15, -0.1) is 0 Å². The van der Waals surface area contributed by atoms with Crippen molar-refractivity contribution in [3.8, 4) is 5.75 Å². The monoisotopic (exact) mass is 293 g/mol. The van der Waals surface area contributed by atoms with E-state index in [1.54, 1.807) is 6.92 Å². The molecule has 2 N–H and O–H groups in total. The quantitative estimate of drug-likeness (QED) is 0.725. The number of nitrogens with one attached hydrogen (secondary N) is 1. The van der Waals surface area contributed by atoms with Crippen molar-refractivity contribution in [2.45, 2.75) is 46.6 Å². The van der Waals surface area contributed by atoms with E-state index in [0.717, 1.165) is 18.4 Å². The summed E-state index contributed by atoms with van der Waals surface area (Å²) in [6.07, 6.45) is 1.20. The van der Waals surface area contributed by atoms with Crippen molar-refractivity contribution >= 4 is 5.91 Å². The van der Waals surface area contributed by atoms with E-state index in [9.17, 15) is 4.79 Å². The molecule has 1 aromatic rings. The van der Waals surface area contributed by atoms with Crippen LogP contribution in [0.3, 0.4) is 0 Å². The predicted octanol–water partition coefficient (Wildman–Crippen LogP) is 2.68. The molecule has 0 radical (unpaired) electrons. The number of carbonyl (C=O) groups is 1. The Morgan fingerprint density at radius 3 is 2.52 bits per heavy atom. The lowest BCUT2D eigenvalue weighted by atomic mass is 9.89. The van der Waals surface area contributed by atoms with E-state index in [1.807, 2.05) is 45.0 Å². The molecule has 1 amide bonds. The summed E-state index contributed by atoms with van der Waals surface area (Å²) < 4.78 is 5.60. The molecule has 4 heteroatoms. The van der Waals surface area contributed by atoms with Crippen LogP contribution in [0.5, 0.6) is 5.75 Å². The molecular weight excluding hydrogens is 266 g/mol. The first-order valence-electron chi connectivity index (χ1n) is 7.46. The van der Waals surface area contributed by atoms with Crippen LogP contribution in [-0.2, 0) is 4.79 Å². The zero-order valence-corrected chi connectivity index (χ0v) is 13.5. The van der Waals surface area contributed by atoms with Crippen LogP contribution in [0, 0.1) is 12.3 Å². The van der Waals surface area contributed by atoms with Gasteiger partial charge < -0.3 is 15.2 Å². The molecule has 21 heavy (non-hydrogen) atoms. The summed E-state index contributed by atoms with van der Waals surface area (Å²) in [7, 11) is 0. The molecule has 0 aromatic heterocycles. The third kappa shape index (κ3) is 6.63. The first kappa shape index (κ1) is 17.5. The molecule has 0 fully saturated rings. The van der Waals surface area contributed by atoms with Crippen LogP contribution < -0.4 is 10.1 Å². The SMILES string of the molecule is Cc1ccc(OC(C)C(=O)NCCCC(C)(C)CO)cc1. The summed E-state index contributed by atoms with van der Waals surface area (Å²) >= 11 is 0. The summed E-state index contributed by atoms with van der Waals surface area (Å²) in [4.78, 5) is 11.9. The lowest BCUT2D eigenvalue weighted by Gasteiger charge is -2.21. The maximum Gasteiger partial charge on any atom is 0.260 e. The van der Waals surface area contributed by atoms with Crippen molar-refractivity contribution in [3.05, 3.63) is 29.8 Å². The number of hydrogen-bond donors (Lipinski definition) is 2. The Morgan fingerprint density at radius 2 is 1.95 bits per heavy atom. The standard InChI is InChI=1S/C17H27NO3/c1-13-6-8-15(9-7-13)21-14(2)16(20)18-11-5-10-17(3,4)12-19/h6-9,14,19H,5,10-12H2,1-4H3,(H,18,20). The van der Waals surface area contributed by atoms with Gasteiger partial charge in [0.05, 0.1) is 0 Å². The van der Waals surface area contributed by atoms with Crippen LogP contribution in [0.15, 0.2) is 24.3 Å². The molecule has 0 bridgehead atoms. The van der Waals surface area contributed by atoms with Crippen LogP contribution in [0.25, 0.3) is 0 Å². The topological polar surface area (TPSA) is 58.6 Å². The third-order valence-electron chi connectivity index (χ3n) is 3.46. The number of rotatable bonds is 8. The molecule has 0 spiro atoms. The van der Waals surface area contributed by atoms with Crippen LogP contribution in [0.1, 0.15) is 39.2 Å². The summed E-state index contributed by atoms with van der Waals surface area (Å²) in [5, 5.41) is 12.0. The number of aryl methyl sites for hydroxylation is 1. The molecule has 4 nitrogen and oxygen atoms in total. The molecular formula is C17H27NO3. The third-order valence-corrected chi connectivity index (χ3v) is 3.46.